The van der Waals surface area contributed by atoms with E-state index in [9.17, 15) is 4.79 Å². The molecule has 0 bridgehead atoms. The maximum atomic E-state index is 12.1. The van der Waals surface area contributed by atoms with E-state index in [2.05, 4.69) is 33.7 Å². The van der Waals surface area contributed by atoms with E-state index in [0.29, 0.717) is 10.9 Å². The molecule has 1 heterocycles. The lowest BCUT2D eigenvalue weighted by molar-refractivity contribution is -0.119. The van der Waals surface area contributed by atoms with Crippen molar-refractivity contribution in [1.82, 2.24) is 15.5 Å². The Bertz CT molecular complexity index is 643. The van der Waals surface area contributed by atoms with Gasteiger partial charge in [0.15, 0.2) is 4.34 Å². The van der Waals surface area contributed by atoms with Gasteiger partial charge in [-0.15, -0.1) is 10.2 Å². The Morgan fingerprint density at radius 3 is 3.10 bits per heavy atom. The smallest absolute Gasteiger partial charge is 0.230 e. The summed E-state index contributed by atoms with van der Waals surface area (Å²) in [6.45, 7) is 0. The van der Waals surface area contributed by atoms with Gasteiger partial charge in [-0.05, 0) is 30.4 Å². The highest BCUT2D eigenvalue weighted by Gasteiger charge is 2.21. The summed E-state index contributed by atoms with van der Waals surface area (Å²) in [5.74, 6) is 0.364. The number of hydrogen-bond donors (Lipinski definition) is 2. The van der Waals surface area contributed by atoms with Gasteiger partial charge in [-0.3, -0.25) is 4.79 Å². The molecule has 21 heavy (non-hydrogen) atoms. The van der Waals surface area contributed by atoms with Crippen LogP contribution < -0.4 is 11.1 Å². The van der Waals surface area contributed by atoms with Crippen LogP contribution in [0.1, 0.15) is 30.0 Å². The number of fused-ring (bicyclic) bond motifs is 1. The molecule has 3 N–H and O–H groups in total. The maximum Gasteiger partial charge on any atom is 0.230 e. The first-order chi connectivity index (χ1) is 10.2. The molecule has 1 atom stereocenters. The largest absolute Gasteiger partial charge is 0.374 e. The van der Waals surface area contributed by atoms with Crippen molar-refractivity contribution in [2.45, 2.75) is 29.6 Å². The molecular formula is C14H16N4OS2. The average molecular weight is 320 g/mol. The summed E-state index contributed by atoms with van der Waals surface area (Å²) in [7, 11) is 0. The van der Waals surface area contributed by atoms with Crippen LogP contribution in [0.5, 0.6) is 0 Å². The number of carbonyl (C=O) groups excluding carboxylic acids is 1. The average Bonchev–Trinajstić information content (AvgIpc) is 2.91. The predicted octanol–water partition coefficient (Wildman–Crippen LogP) is 2.41. The monoisotopic (exact) mass is 320 g/mol. The number of nitrogens with zero attached hydrogens (tertiary/aromatic N) is 2. The van der Waals surface area contributed by atoms with Gasteiger partial charge in [0.25, 0.3) is 0 Å². The zero-order chi connectivity index (χ0) is 14.7. The number of nitrogen functional groups attached to an aromatic ring is 1. The number of aryl methyl sites for hydroxylation is 1. The molecule has 5 nitrogen and oxygen atoms in total. The van der Waals surface area contributed by atoms with E-state index < -0.39 is 0 Å². The number of nitrogens with two attached hydrogens (primary N) is 1. The SMILES string of the molecule is Nc1nnc(SCC(=O)N[C@@H]2CCCc3ccccc32)s1. The van der Waals surface area contributed by atoms with E-state index in [1.54, 1.807) is 0 Å². The van der Waals surface area contributed by atoms with Crippen molar-refractivity contribution in [1.29, 1.82) is 0 Å². The molecule has 1 amide bonds. The first kappa shape index (κ1) is 14.3. The molecule has 0 aliphatic heterocycles. The Labute approximate surface area is 131 Å². The molecule has 7 heteroatoms. The number of amides is 1. The molecule has 0 radical (unpaired) electrons. The third kappa shape index (κ3) is 3.54. The van der Waals surface area contributed by atoms with Crippen molar-refractivity contribution in [2.75, 3.05) is 11.5 Å². The third-order valence-corrected chi connectivity index (χ3v) is 5.34. The second kappa shape index (κ2) is 6.44. The molecule has 0 saturated carbocycles. The molecule has 0 fully saturated rings. The van der Waals surface area contributed by atoms with Crippen LogP contribution in [0.3, 0.4) is 0 Å². The molecule has 3 rings (SSSR count). The molecule has 1 aliphatic carbocycles. The van der Waals surface area contributed by atoms with E-state index in [0.717, 1.165) is 23.6 Å². The summed E-state index contributed by atoms with van der Waals surface area (Å²) in [5, 5.41) is 11.2. The molecule has 0 spiro atoms. The number of thioether (sulfide) groups is 1. The number of anilines is 1. The van der Waals surface area contributed by atoms with Crippen molar-refractivity contribution in [2.24, 2.45) is 0 Å². The lowest BCUT2D eigenvalue weighted by Gasteiger charge is -2.26. The molecule has 1 aromatic heterocycles. The van der Waals surface area contributed by atoms with Crippen molar-refractivity contribution < 1.29 is 4.79 Å². The van der Waals surface area contributed by atoms with E-state index in [1.807, 2.05) is 6.07 Å². The van der Waals surface area contributed by atoms with Gasteiger partial charge in [-0.2, -0.15) is 0 Å². The van der Waals surface area contributed by atoms with E-state index in [1.165, 1.54) is 34.2 Å². The maximum absolute atomic E-state index is 12.1. The minimum absolute atomic E-state index is 0.0236. The minimum Gasteiger partial charge on any atom is -0.374 e. The Morgan fingerprint density at radius 2 is 2.29 bits per heavy atom. The lowest BCUT2D eigenvalue weighted by atomic mass is 9.88. The fourth-order valence-electron chi connectivity index (χ4n) is 2.55. The van der Waals surface area contributed by atoms with Crippen molar-refractivity contribution in [3.63, 3.8) is 0 Å². The van der Waals surface area contributed by atoms with Crippen LogP contribution in [-0.2, 0) is 11.2 Å². The first-order valence-corrected chi connectivity index (χ1v) is 8.61. The highest BCUT2D eigenvalue weighted by atomic mass is 32.2. The van der Waals surface area contributed by atoms with Crippen molar-refractivity contribution in [3.05, 3.63) is 35.4 Å². The number of aromatic nitrogens is 2. The summed E-state index contributed by atoms with van der Waals surface area (Å²) in [6.07, 6.45) is 3.21. The summed E-state index contributed by atoms with van der Waals surface area (Å²) >= 11 is 2.67. The Balaban J connectivity index is 1.58. The van der Waals surface area contributed by atoms with E-state index in [-0.39, 0.29) is 11.9 Å². The van der Waals surface area contributed by atoms with E-state index in [4.69, 9.17) is 5.73 Å². The van der Waals surface area contributed by atoms with Crippen LogP contribution in [-0.4, -0.2) is 21.9 Å². The van der Waals surface area contributed by atoms with Gasteiger partial charge in [0.05, 0.1) is 11.8 Å². The van der Waals surface area contributed by atoms with Crippen LogP contribution in [0.25, 0.3) is 0 Å². The van der Waals surface area contributed by atoms with Crippen LogP contribution in [0, 0.1) is 0 Å². The van der Waals surface area contributed by atoms with Gasteiger partial charge in [0.1, 0.15) is 0 Å². The molecule has 0 unspecified atom stereocenters. The van der Waals surface area contributed by atoms with Crippen molar-refractivity contribution in [3.8, 4) is 0 Å². The lowest BCUT2D eigenvalue weighted by Crippen LogP contribution is -2.32. The number of nitrogens with one attached hydrogen (secondary N) is 1. The standard InChI is InChI=1S/C14H16N4OS2/c15-13-17-18-14(21-13)20-8-12(19)16-11-7-3-5-9-4-1-2-6-10(9)11/h1-2,4,6,11H,3,5,7-8H2,(H2,15,17)(H,16,19)/t11-/m1/s1. The molecule has 1 aliphatic rings. The highest BCUT2D eigenvalue weighted by Crippen LogP contribution is 2.30. The summed E-state index contributed by atoms with van der Waals surface area (Å²) in [4.78, 5) is 12.1. The molecule has 2 aromatic rings. The van der Waals surface area contributed by atoms with Gasteiger partial charge in [0.2, 0.25) is 11.0 Å². The zero-order valence-corrected chi connectivity index (χ0v) is 13.0. The van der Waals surface area contributed by atoms with Gasteiger partial charge in [0, 0.05) is 0 Å². The fourth-order valence-corrected chi connectivity index (χ4v) is 3.99. The first-order valence-electron chi connectivity index (χ1n) is 6.81. The molecule has 110 valence electrons. The number of carbonyl (C=O) groups is 1. The Hall–Kier alpha value is -1.60. The van der Waals surface area contributed by atoms with E-state index >= 15 is 0 Å². The second-order valence-corrected chi connectivity index (χ2v) is 7.14. The van der Waals surface area contributed by atoms with Crippen LogP contribution in [0.2, 0.25) is 0 Å². The second-order valence-electron chi connectivity index (χ2n) is 4.91. The predicted molar refractivity (Wildman–Crippen MR) is 85.3 cm³/mol. The summed E-state index contributed by atoms with van der Waals surface area (Å²) < 4.78 is 0.728. The fraction of sp³-hybridized carbons (Fsp3) is 0.357. The third-order valence-electron chi connectivity index (χ3n) is 3.45. The minimum atomic E-state index is 0.0236. The highest BCUT2D eigenvalue weighted by molar-refractivity contribution is 8.01. The Kier molecular flexibility index (Phi) is 4.40. The van der Waals surface area contributed by atoms with Crippen molar-refractivity contribution >= 4 is 34.1 Å². The molecular weight excluding hydrogens is 304 g/mol. The number of benzene rings is 1. The number of rotatable bonds is 4. The van der Waals surface area contributed by atoms with Gasteiger partial charge in [-0.25, -0.2) is 0 Å². The quantitative estimate of drug-likeness (QED) is 0.846. The summed E-state index contributed by atoms with van der Waals surface area (Å²) in [5.41, 5.74) is 8.12. The van der Waals surface area contributed by atoms with Crippen LogP contribution in [0.4, 0.5) is 5.13 Å². The van der Waals surface area contributed by atoms with Gasteiger partial charge in [-0.1, -0.05) is 47.4 Å². The van der Waals surface area contributed by atoms with Crippen LogP contribution in [0.15, 0.2) is 28.6 Å². The Morgan fingerprint density at radius 1 is 1.43 bits per heavy atom. The summed E-state index contributed by atoms with van der Waals surface area (Å²) in [6, 6.07) is 8.47. The van der Waals surface area contributed by atoms with Crippen LogP contribution >= 0.6 is 23.1 Å². The topological polar surface area (TPSA) is 80.9 Å². The molecule has 0 saturated heterocycles. The normalized spacial score (nSPS) is 17.2. The van der Waals surface area contributed by atoms with Gasteiger partial charge >= 0.3 is 0 Å². The number of hydrogen-bond acceptors (Lipinski definition) is 6. The zero-order valence-electron chi connectivity index (χ0n) is 11.4. The molecule has 1 aromatic carbocycles. The van der Waals surface area contributed by atoms with Gasteiger partial charge < -0.3 is 11.1 Å².